The molecule has 1 saturated carbocycles. The van der Waals surface area contributed by atoms with Crippen LogP contribution in [0, 0.1) is 5.92 Å². The van der Waals surface area contributed by atoms with Crippen molar-refractivity contribution in [3.63, 3.8) is 0 Å². The summed E-state index contributed by atoms with van der Waals surface area (Å²) in [4.78, 5) is 0. The topological polar surface area (TPSA) is 46.2 Å². The maximum Gasteiger partial charge on any atom is 0.150 e. The molecule has 0 aromatic heterocycles. The first-order chi connectivity index (χ1) is 8.95. The predicted octanol–water partition coefficient (Wildman–Crippen LogP) is 2.93. The third kappa shape index (κ3) is 6.09. The van der Waals surface area contributed by atoms with Crippen LogP contribution in [0.3, 0.4) is 0 Å². The van der Waals surface area contributed by atoms with E-state index in [2.05, 4.69) is 25.2 Å². The molecule has 0 heterocycles. The minimum absolute atomic E-state index is 0.118. The van der Waals surface area contributed by atoms with Gasteiger partial charge in [-0.1, -0.05) is 25.0 Å². The standard InChI is InChI=1S/C15H29NO2S/c1-4-10-16-11-6-7-13(2)14-8-5-9-15(12-14)19(3,17)18/h7,14-16H,4-6,8-12H2,1-3H3. The van der Waals surface area contributed by atoms with Crippen molar-refractivity contribution in [2.45, 2.75) is 57.6 Å². The van der Waals surface area contributed by atoms with Crippen LogP contribution in [0.5, 0.6) is 0 Å². The molecule has 2 atom stereocenters. The van der Waals surface area contributed by atoms with Gasteiger partial charge < -0.3 is 5.32 Å². The van der Waals surface area contributed by atoms with Crippen LogP contribution in [-0.2, 0) is 9.84 Å². The van der Waals surface area contributed by atoms with Crippen molar-refractivity contribution in [3.8, 4) is 0 Å². The van der Waals surface area contributed by atoms with Gasteiger partial charge in [-0.15, -0.1) is 0 Å². The molecule has 19 heavy (non-hydrogen) atoms. The van der Waals surface area contributed by atoms with Crippen molar-refractivity contribution in [3.05, 3.63) is 11.6 Å². The van der Waals surface area contributed by atoms with Crippen molar-refractivity contribution in [2.75, 3.05) is 19.3 Å². The highest BCUT2D eigenvalue weighted by Gasteiger charge is 2.29. The Morgan fingerprint density at radius 3 is 2.68 bits per heavy atom. The lowest BCUT2D eigenvalue weighted by molar-refractivity contribution is 0.398. The van der Waals surface area contributed by atoms with Crippen molar-refractivity contribution < 1.29 is 8.42 Å². The second-order valence-electron chi connectivity index (χ2n) is 5.80. The third-order valence-corrected chi connectivity index (χ3v) is 5.73. The van der Waals surface area contributed by atoms with Gasteiger partial charge in [0.2, 0.25) is 0 Å². The Morgan fingerprint density at radius 2 is 2.05 bits per heavy atom. The zero-order chi connectivity index (χ0) is 14.3. The average molecular weight is 287 g/mol. The van der Waals surface area contributed by atoms with E-state index in [0.717, 1.165) is 45.2 Å². The number of nitrogens with one attached hydrogen (secondary N) is 1. The van der Waals surface area contributed by atoms with Crippen LogP contribution in [0.2, 0.25) is 0 Å². The van der Waals surface area contributed by atoms with Crippen LogP contribution in [0.4, 0.5) is 0 Å². The summed E-state index contributed by atoms with van der Waals surface area (Å²) in [5.74, 6) is 0.472. The van der Waals surface area contributed by atoms with E-state index in [9.17, 15) is 8.42 Å². The van der Waals surface area contributed by atoms with Gasteiger partial charge in [-0.05, 0) is 58.0 Å². The van der Waals surface area contributed by atoms with E-state index in [1.165, 1.54) is 18.2 Å². The summed E-state index contributed by atoms with van der Waals surface area (Å²) in [6.07, 6.45) is 9.75. The van der Waals surface area contributed by atoms with Crippen molar-refractivity contribution >= 4 is 9.84 Å². The van der Waals surface area contributed by atoms with Gasteiger partial charge >= 0.3 is 0 Å². The zero-order valence-electron chi connectivity index (χ0n) is 12.6. The first-order valence-electron chi connectivity index (χ1n) is 7.51. The second-order valence-corrected chi connectivity index (χ2v) is 8.13. The SMILES string of the molecule is CCCNCCC=C(C)C1CCCC(S(C)(=O)=O)C1. The van der Waals surface area contributed by atoms with E-state index in [1.807, 2.05) is 0 Å². The third-order valence-electron chi connectivity index (χ3n) is 4.09. The fourth-order valence-corrected chi connectivity index (χ4v) is 3.99. The van der Waals surface area contributed by atoms with Crippen LogP contribution in [-0.4, -0.2) is 33.0 Å². The van der Waals surface area contributed by atoms with Crippen molar-refractivity contribution in [1.82, 2.24) is 5.32 Å². The molecule has 4 heteroatoms. The summed E-state index contributed by atoms with van der Waals surface area (Å²) in [6, 6.07) is 0. The molecule has 0 amide bonds. The summed E-state index contributed by atoms with van der Waals surface area (Å²) < 4.78 is 23.3. The first-order valence-corrected chi connectivity index (χ1v) is 9.46. The van der Waals surface area contributed by atoms with E-state index in [-0.39, 0.29) is 5.25 Å². The molecule has 1 aliphatic rings. The van der Waals surface area contributed by atoms with E-state index in [4.69, 9.17) is 0 Å². The van der Waals surface area contributed by atoms with Gasteiger partial charge in [0.1, 0.15) is 9.84 Å². The van der Waals surface area contributed by atoms with Crippen LogP contribution in [0.1, 0.15) is 52.4 Å². The highest BCUT2D eigenvalue weighted by atomic mass is 32.2. The minimum Gasteiger partial charge on any atom is -0.316 e. The van der Waals surface area contributed by atoms with E-state index >= 15 is 0 Å². The summed E-state index contributed by atoms with van der Waals surface area (Å²) in [7, 11) is -2.86. The first kappa shape index (κ1) is 16.7. The fraction of sp³-hybridized carbons (Fsp3) is 0.867. The van der Waals surface area contributed by atoms with Gasteiger partial charge in [-0.2, -0.15) is 0 Å². The maximum atomic E-state index is 11.7. The molecule has 1 N–H and O–H groups in total. The Bertz CT molecular complexity index is 387. The Balaban J connectivity index is 2.43. The highest BCUT2D eigenvalue weighted by Crippen LogP contribution is 2.32. The van der Waals surface area contributed by atoms with E-state index in [1.54, 1.807) is 0 Å². The van der Waals surface area contributed by atoms with Crippen molar-refractivity contribution in [2.24, 2.45) is 5.92 Å². The van der Waals surface area contributed by atoms with E-state index in [0.29, 0.717) is 5.92 Å². The van der Waals surface area contributed by atoms with Gasteiger partial charge in [0.15, 0.2) is 0 Å². The summed E-state index contributed by atoms with van der Waals surface area (Å²) in [6.45, 7) is 6.43. The molecule has 0 spiro atoms. The van der Waals surface area contributed by atoms with Crippen LogP contribution < -0.4 is 5.32 Å². The Hall–Kier alpha value is -0.350. The molecule has 0 radical (unpaired) electrons. The van der Waals surface area contributed by atoms with Crippen LogP contribution in [0.15, 0.2) is 11.6 Å². The Kier molecular flexibility index (Phi) is 7.08. The lowest BCUT2D eigenvalue weighted by Gasteiger charge is -2.28. The molecule has 2 unspecified atom stereocenters. The average Bonchev–Trinajstić information content (AvgIpc) is 2.37. The molecule has 1 fully saturated rings. The molecule has 0 aliphatic heterocycles. The van der Waals surface area contributed by atoms with E-state index < -0.39 is 9.84 Å². The lowest BCUT2D eigenvalue weighted by atomic mass is 9.84. The molecular weight excluding hydrogens is 258 g/mol. The normalized spacial score (nSPS) is 25.5. The number of hydrogen-bond acceptors (Lipinski definition) is 3. The van der Waals surface area contributed by atoms with Crippen LogP contribution >= 0.6 is 0 Å². The van der Waals surface area contributed by atoms with Gasteiger partial charge in [-0.25, -0.2) is 8.42 Å². The lowest BCUT2D eigenvalue weighted by Crippen LogP contribution is -2.27. The summed E-state index contributed by atoms with van der Waals surface area (Å²) in [5, 5.41) is 3.27. The molecule has 1 aliphatic carbocycles. The van der Waals surface area contributed by atoms with Gasteiger partial charge in [0.05, 0.1) is 5.25 Å². The molecule has 0 bridgehead atoms. The molecular formula is C15H29NO2S. The second kappa shape index (κ2) is 8.05. The van der Waals surface area contributed by atoms with Gasteiger partial charge in [-0.3, -0.25) is 0 Å². The maximum absolute atomic E-state index is 11.7. The van der Waals surface area contributed by atoms with Crippen LogP contribution in [0.25, 0.3) is 0 Å². The summed E-state index contributed by atoms with van der Waals surface area (Å²) >= 11 is 0. The van der Waals surface area contributed by atoms with Gasteiger partial charge in [0.25, 0.3) is 0 Å². The molecule has 3 nitrogen and oxygen atoms in total. The number of rotatable bonds is 7. The zero-order valence-corrected chi connectivity index (χ0v) is 13.4. The summed E-state index contributed by atoms with van der Waals surface area (Å²) in [5.41, 5.74) is 1.38. The molecule has 112 valence electrons. The molecule has 0 saturated heterocycles. The molecule has 0 aromatic rings. The largest absolute Gasteiger partial charge is 0.316 e. The number of allylic oxidation sites excluding steroid dienone is 1. The minimum atomic E-state index is -2.86. The predicted molar refractivity (Wildman–Crippen MR) is 82.1 cm³/mol. The Labute approximate surface area is 118 Å². The quantitative estimate of drug-likeness (QED) is 0.578. The van der Waals surface area contributed by atoms with Gasteiger partial charge in [0, 0.05) is 6.26 Å². The molecule has 1 rings (SSSR count). The monoisotopic (exact) mass is 287 g/mol. The Morgan fingerprint density at radius 1 is 1.32 bits per heavy atom. The van der Waals surface area contributed by atoms with Crippen molar-refractivity contribution in [1.29, 1.82) is 0 Å². The smallest absolute Gasteiger partial charge is 0.150 e. The fourth-order valence-electron chi connectivity index (χ4n) is 2.82. The number of sulfone groups is 1. The number of hydrogen-bond donors (Lipinski definition) is 1. The molecule has 0 aromatic carbocycles. The highest BCUT2D eigenvalue weighted by molar-refractivity contribution is 7.91.